The van der Waals surface area contributed by atoms with Crippen molar-refractivity contribution < 1.29 is 5.11 Å². The fraction of sp³-hybridized carbons (Fsp3) is 1.00. The third-order valence-electron chi connectivity index (χ3n) is 4.12. The van der Waals surface area contributed by atoms with E-state index in [4.69, 9.17) is 0 Å². The number of likely N-dealkylation sites (tertiary alicyclic amines) is 1. The molecule has 0 aromatic carbocycles. The van der Waals surface area contributed by atoms with Crippen molar-refractivity contribution >= 4 is 0 Å². The Morgan fingerprint density at radius 3 is 2.57 bits per heavy atom. The third kappa shape index (κ3) is 1.96. The molecule has 1 aliphatic heterocycles. The van der Waals surface area contributed by atoms with Gasteiger partial charge < -0.3 is 5.11 Å². The SMILES string of the molecule is CC(CO)N1CCCC1C1CCCC1. The summed E-state index contributed by atoms with van der Waals surface area (Å²) < 4.78 is 0. The molecule has 2 heteroatoms. The minimum Gasteiger partial charge on any atom is -0.395 e. The van der Waals surface area contributed by atoms with Crippen LogP contribution in [-0.2, 0) is 0 Å². The second-order valence-corrected chi connectivity index (χ2v) is 5.02. The Labute approximate surface area is 87.3 Å². The lowest BCUT2D eigenvalue weighted by atomic mass is 9.95. The molecular weight excluding hydrogens is 174 g/mol. The Morgan fingerprint density at radius 2 is 1.93 bits per heavy atom. The fourth-order valence-electron chi connectivity index (χ4n) is 3.32. The average molecular weight is 197 g/mol. The lowest BCUT2D eigenvalue weighted by Crippen LogP contribution is -2.42. The van der Waals surface area contributed by atoms with E-state index in [1.807, 2.05) is 0 Å². The second kappa shape index (κ2) is 4.63. The van der Waals surface area contributed by atoms with Gasteiger partial charge in [-0.05, 0) is 45.1 Å². The smallest absolute Gasteiger partial charge is 0.0584 e. The van der Waals surface area contributed by atoms with Crippen LogP contribution in [0.2, 0.25) is 0 Å². The van der Waals surface area contributed by atoms with Crippen molar-refractivity contribution in [3.05, 3.63) is 0 Å². The van der Waals surface area contributed by atoms with E-state index in [-0.39, 0.29) is 0 Å². The normalized spacial score (nSPS) is 32.6. The first-order valence-electron chi connectivity index (χ1n) is 6.19. The molecule has 14 heavy (non-hydrogen) atoms. The standard InChI is InChI=1S/C12H23NO/c1-10(9-14)13-8-4-7-12(13)11-5-2-3-6-11/h10-12,14H,2-9H2,1H3. The molecule has 2 fully saturated rings. The van der Waals surface area contributed by atoms with Gasteiger partial charge in [-0.1, -0.05) is 12.8 Å². The molecule has 1 saturated heterocycles. The van der Waals surface area contributed by atoms with E-state index in [9.17, 15) is 5.11 Å². The number of hydrogen-bond acceptors (Lipinski definition) is 2. The molecule has 1 N–H and O–H groups in total. The molecule has 2 unspecified atom stereocenters. The van der Waals surface area contributed by atoms with E-state index >= 15 is 0 Å². The molecule has 0 spiro atoms. The number of rotatable bonds is 3. The average Bonchev–Trinajstić information content (AvgIpc) is 2.85. The molecule has 1 aliphatic carbocycles. The van der Waals surface area contributed by atoms with Crippen molar-refractivity contribution in [1.29, 1.82) is 0 Å². The van der Waals surface area contributed by atoms with Crippen LogP contribution in [0.5, 0.6) is 0 Å². The minimum absolute atomic E-state index is 0.323. The lowest BCUT2D eigenvalue weighted by molar-refractivity contribution is 0.0968. The van der Waals surface area contributed by atoms with Gasteiger partial charge in [-0.2, -0.15) is 0 Å². The van der Waals surface area contributed by atoms with Crippen molar-refractivity contribution in [1.82, 2.24) is 4.90 Å². The molecule has 0 aromatic heterocycles. The van der Waals surface area contributed by atoms with Gasteiger partial charge in [0.2, 0.25) is 0 Å². The maximum atomic E-state index is 9.21. The van der Waals surface area contributed by atoms with Crippen LogP contribution in [0.25, 0.3) is 0 Å². The van der Waals surface area contributed by atoms with Crippen LogP contribution in [0, 0.1) is 5.92 Å². The molecule has 82 valence electrons. The summed E-state index contributed by atoms with van der Waals surface area (Å²) in [5, 5.41) is 9.21. The zero-order chi connectivity index (χ0) is 9.97. The van der Waals surface area contributed by atoms with Crippen LogP contribution in [0.4, 0.5) is 0 Å². The Kier molecular flexibility index (Phi) is 3.45. The van der Waals surface area contributed by atoms with Gasteiger partial charge in [0.25, 0.3) is 0 Å². The summed E-state index contributed by atoms with van der Waals surface area (Å²) in [5.41, 5.74) is 0. The van der Waals surface area contributed by atoms with Crippen LogP contribution in [0.15, 0.2) is 0 Å². The third-order valence-corrected chi connectivity index (χ3v) is 4.12. The molecule has 0 radical (unpaired) electrons. The van der Waals surface area contributed by atoms with Crippen LogP contribution in [-0.4, -0.2) is 35.2 Å². The molecule has 1 saturated carbocycles. The topological polar surface area (TPSA) is 23.5 Å². The number of aliphatic hydroxyl groups excluding tert-OH is 1. The summed E-state index contributed by atoms with van der Waals surface area (Å²) in [4.78, 5) is 2.55. The molecule has 2 nitrogen and oxygen atoms in total. The van der Waals surface area contributed by atoms with E-state index in [2.05, 4.69) is 11.8 Å². The van der Waals surface area contributed by atoms with Crippen LogP contribution in [0.3, 0.4) is 0 Å². The van der Waals surface area contributed by atoms with Crippen molar-refractivity contribution in [2.45, 2.75) is 57.5 Å². The van der Waals surface area contributed by atoms with Gasteiger partial charge >= 0.3 is 0 Å². The van der Waals surface area contributed by atoms with E-state index in [1.165, 1.54) is 45.1 Å². The maximum Gasteiger partial charge on any atom is 0.0584 e. The Morgan fingerprint density at radius 1 is 1.21 bits per heavy atom. The Balaban J connectivity index is 1.95. The molecule has 0 amide bonds. The van der Waals surface area contributed by atoms with Crippen molar-refractivity contribution in [3.63, 3.8) is 0 Å². The van der Waals surface area contributed by atoms with Crippen molar-refractivity contribution in [3.8, 4) is 0 Å². The zero-order valence-corrected chi connectivity index (χ0v) is 9.28. The lowest BCUT2D eigenvalue weighted by Gasteiger charge is -2.33. The van der Waals surface area contributed by atoms with Gasteiger partial charge in [-0.15, -0.1) is 0 Å². The van der Waals surface area contributed by atoms with E-state index in [0.29, 0.717) is 12.6 Å². The molecular formula is C12H23NO. The van der Waals surface area contributed by atoms with Gasteiger partial charge in [0.05, 0.1) is 6.61 Å². The molecule has 0 aromatic rings. The van der Waals surface area contributed by atoms with E-state index in [1.54, 1.807) is 0 Å². The van der Waals surface area contributed by atoms with Crippen molar-refractivity contribution in [2.24, 2.45) is 5.92 Å². The monoisotopic (exact) mass is 197 g/mol. The van der Waals surface area contributed by atoms with Crippen LogP contribution in [0.1, 0.15) is 45.4 Å². The van der Waals surface area contributed by atoms with Gasteiger partial charge in [0.1, 0.15) is 0 Å². The quantitative estimate of drug-likeness (QED) is 0.748. The highest BCUT2D eigenvalue weighted by Gasteiger charge is 2.34. The van der Waals surface area contributed by atoms with Gasteiger partial charge in [0, 0.05) is 12.1 Å². The van der Waals surface area contributed by atoms with Crippen molar-refractivity contribution in [2.75, 3.05) is 13.2 Å². The molecule has 0 bridgehead atoms. The zero-order valence-electron chi connectivity index (χ0n) is 9.28. The molecule has 1 heterocycles. The Bertz CT molecular complexity index is 177. The van der Waals surface area contributed by atoms with Crippen LogP contribution >= 0.6 is 0 Å². The minimum atomic E-state index is 0.323. The summed E-state index contributed by atoms with van der Waals surface area (Å²) in [6.07, 6.45) is 8.43. The predicted octanol–water partition coefficient (Wildman–Crippen LogP) is 2.02. The largest absolute Gasteiger partial charge is 0.395 e. The van der Waals surface area contributed by atoms with Gasteiger partial charge in [-0.25, -0.2) is 0 Å². The summed E-state index contributed by atoms with van der Waals surface area (Å²) in [6, 6.07) is 1.17. The summed E-state index contributed by atoms with van der Waals surface area (Å²) in [7, 11) is 0. The summed E-state index contributed by atoms with van der Waals surface area (Å²) in [6.45, 7) is 3.69. The molecule has 2 atom stereocenters. The summed E-state index contributed by atoms with van der Waals surface area (Å²) in [5.74, 6) is 0.937. The highest BCUT2D eigenvalue weighted by Crippen LogP contribution is 2.36. The van der Waals surface area contributed by atoms with E-state index in [0.717, 1.165) is 12.0 Å². The number of hydrogen-bond donors (Lipinski definition) is 1. The predicted molar refractivity (Wildman–Crippen MR) is 58.2 cm³/mol. The molecule has 2 aliphatic rings. The van der Waals surface area contributed by atoms with E-state index < -0.39 is 0 Å². The number of aliphatic hydroxyl groups is 1. The van der Waals surface area contributed by atoms with Gasteiger partial charge in [-0.3, -0.25) is 4.90 Å². The highest BCUT2D eigenvalue weighted by atomic mass is 16.3. The molecule has 2 rings (SSSR count). The van der Waals surface area contributed by atoms with Gasteiger partial charge in [0.15, 0.2) is 0 Å². The summed E-state index contributed by atoms with van der Waals surface area (Å²) >= 11 is 0. The Hall–Kier alpha value is -0.0800. The first kappa shape index (κ1) is 10.4. The second-order valence-electron chi connectivity index (χ2n) is 5.02. The first-order chi connectivity index (χ1) is 6.83. The number of nitrogens with zero attached hydrogens (tertiary/aromatic N) is 1. The maximum absolute atomic E-state index is 9.21. The first-order valence-corrected chi connectivity index (χ1v) is 6.19. The fourth-order valence-corrected chi connectivity index (χ4v) is 3.32. The van der Waals surface area contributed by atoms with Crippen LogP contribution < -0.4 is 0 Å². The highest BCUT2D eigenvalue weighted by molar-refractivity contribution is 4.89.